The fraction of sp³-hybridized carbons (Fsp3) is 0.789. The lowest BCUT2D eigenvalue weighted by atomic mass is 9.88. The van der Waals surface area contributed by atoms with Crippen LogP contribution in [0.25, 0.3) is 0 Å². The number of carbonyl (C=O) groups is 12. The van der Waals surface area contributed by atoms with Gasteiger partial charge in [-0.15, -0.1) is 0 Å². The largest absolute Gasteiger partial charge is 0.477 e. The summed E-state index contributed by atoms with van der Waals surface area (Å²) in [5.74, 6) is -14.8. The van der Waals surface area contributed by atoms with E-state index in [-0.39, 0.29) is 38.9 Å². The maximum atomic E-state index is 14.8. The molecule has 20 N–H and O–H groups in total. The zero-order valence-corrected chi connectivity index (χ0v) is 54.1. The third kappa shape index (κ3) is 18.9. The molecular formula is C57H91N11O29. The molecule has 0 aromatic heterocycles. The summed E-state index contributed by atoms with van der Waals surface area (Å²) < 4.78 is 35.4. The molecule has 0 spiro atoms. The van der Waals surface area contributed by atoms with Crippen LogP contribution in [0.1, 0.15) is 86.5 Å². The van der Waals surface area contributed by atoms with Crippen molar-refractivity contribution in [1.29, 1.82) is 0 Å². The number of rotatable bonds is 29. The lowest BCUT2D eigenvalue weighted by molar-refractivity contribution is -0.382. The third-order valence-electron chi connectivity index (χ3n) is 17.6. The van der Waals surface area contributed by atoms with Gasteiger partial charge in [0.15, 0.2) is 12.6 Å². The molecule has 0 aliphatic carbocycles. The quantitative estimate of drug-likeness (QED) is 0.0331. The number of ether oxygens (including phenoxy) is 6. The van der Waals surface area contributed by atoms with Crippen LogP contribution in [0.3, 0.4) is 0 Å². The van der Waals surface area contributed by atoms with Gasteiger partial charge in [-0.3, -0.25) is 52.7 Å². The molecule has 0 aromatic carbocycles. The van der Waals surface area contributed by atoms with E-state index in [1.54, 1.807) is 0 Å². The van der Waals surface area contributed by atoms with Crippen LogP contribution < -0.4 is 43.0 Å². The highest BCUT2D eigenvalue weighted by Crippen LogP contribution is 2.39. The van der Waals surface area contributed by atoms with Crippen molar-refractivity contribution in [1.82, 2.24) is 51.9 Å². The summed E-state index contributed by atoms with van der Waals surface area (Å²) in [6.07, 6.45) is -29.2. The Morgan fingerprint density at radius 3 is 1.75 bits per heavy atom. The molecule has 40 nitrogen and oxygen atoms in total. The first-order valence-electron chi connectivity index (χ1n) is 31.6. The normalized spacial score (nSPS) is 32.6. The Morgan fingerprint density at radius 1 is 0.639 bits per heavy atom. The predicted molar refractivity (Wildman–Crippen MR) is 318 cm³/mol. The standard InChI is InChI=1S/C57H91N11O29/c1-22(47(58)83)60-50(86)30-11-8-14-67(30)53(89)31-12-9-15-68(31)52(88)23(2)61-51(87)37(65-48(84)28(18-69)64-36(78)17-59-49(85)29-10-7-13-66(29)27(6)75)24(3)92-54-39(63-26(5)74)44(41(80)34(20-71)93-54)95-55-43(82)46(42(81)35(21-72)94-55)97-57(56(90)91)16-32(76)38(62-25(4)73)45(96-57)40(79)33(77)19-70/h22-24,28-35,37-46,54-55,69-72,76-77,79-82H,7-21H2,1-6H3,(H2,58,83)(H,59,85)(H,60,86)(H,61,87)(H,62,73)(H,63,74)(H,64,78)(H,65,84)(H,90,91)/t22?,23?,24?,28?,29?,30?,31?,32-,33+,34?,35?,37?,38+,39?,40+,41-,42-,43?,44+,45?,46-,54+,55-,57+/m0/s1. The maximum absolute atomic E-state index is 14.8. The van der Waals surface area contributed by atoms with Crippen LogP contribution in [0, 0.1) is 0 Å². The van der Waals surface area contributed by atoms with Crippen LogP contribution >= 0.6 is 0 Å². The molecule has 0 saturated carbocycles. The molecule has 6 saturated heterocycles. The highest BCUT2D eigenvalue weighted by Gasteiger charge is 2.61. The number of nitrogens with one attached hydrogen (secondary N) is 7. The molecule has 6 heterocycles. The van der Waals surface area contributed by atoms with Crippen molar-refractivity contribution in [3.05, 3.63) is 0 Å². The highest BCUT2D eigenvalue weighted by atomic mass is 16.8. The minimum atomic E-state index is -3.25. The lowest BCUT2D eigenvalue weighted by Gasteiger charge is -2.51. The zero-order chi connectivity index (χ0) is 72.2. The van der Waals surface area contributed by atoms with Gasteiger partial charge in [-0.05, 0) is 59.3 Å². The van der Waals surface area contributed by atoms with E-state index in [9.17, 15) is 114 Å². The van der Waals surface area contributed by atoms with Gasteiger partial charge in [-0.1, -0.05) is 0 Å². The van der Waals surface area contributed by atoms with E-state index in [2.05, 4.69) is 37.2 Å². The fourth-order valence-electron chi connectivity index (χ4n) is 12.5. The van der Waals surface area contributed by atoms with Gasteiger partial charge in [-0.25, -0.2) is 4.79 Å². The average molecular weight is 1390 g/mol. The SMILES string of the molecule is CC(=O)NC1[C@H](OC(C)C(NC(=O)C(CO)NC(=O)CNC(=O)C2CCCN2C(C)=O)C(=O)NC(C)C(=O)N2CCCC2C(=O)N2CCCC2C(=O)NC(C)C(N)=O)OC(CO)[C@H](O)[C@@H]1O[C@@H]1OC(CO)[C@H](O)[C@H](O[C@@]2(C(=O)O)C[C@H](O)[C@@H](NC(C)=O)C([C@H](O)[C@H](O)CO)O2)C1O. The van der Waals surface area contributed by atoms with Crippen molar-refractivity contribution in [2.75, 3.05) is 52.6 Å². The second-order valence-corrected chi connectivity index (χ2v) is 24.7. The number of primary amides is 1. The van der Waals surface area contributed by atoms with E-state index in [1.165, 1.54) is 35.5 Å². The number of aliphatic hydroxyl groups is 10. The van der Waals surface area contributed by atoms with E-state index in [0.717, 1.165) is 20.8 Å². The zero-order valence-electron chi connectivity index (χ0n) is 54.1. The molecule has 40 heteroatoms. The van der Waals surface area contributed by atoms with Crippen LogP contribution in [0.2, 0.25) is 0 Å². The molecule has 6 aliphatic heterocycles. The Bertz CT molecular complexity index is 2850. The van der Waals surface area contributed by atoms with Crippen LogP contribution in [0.15, 0.2) is 0 Å². The minimum absolute atomic E-state index is 0.0124. The summed E-state index contributed by atoms with van der Waals surface area (Å²) in [5.41, 5.74) is 5.33. The molecule has 97 heavy (non-hydrogen) atoms. The molecule has 13 unspecified atom stereocenters. The first-order chi connectivity index (χ1) is 45.6. The van der Waals surface area contributed by atoms with Crippen molar-refractivity contribution in [3.63, 3.8) is 0 Å². The van der Waals surface area contributed by atoms with Gasteiger partial charge >= 0.3 is 5.97 Å². The smallest absolute Gasteiger partial charge is 0.364 e. The second kappa shape index (κ2) is 34.7. The first-order valence-corrected chi connectivity index (χ1v) is 31.6. The molecule has 0 aromatic rings. The summed E-state index contributed by atoms with van der Waals surface area (Å²) in [4.78, 5) is 163. The fourth-order valence-corrected chi connectivity index (χ4v) is 12.5. The van der Waals surface area contributed by atoms with Gasteiger partial charge in [0.2, 0.25) is 65.0 Å². The number of aliphatic hydroxyl groups excluding tert-OH is 10. The number of carboxylic acid groups (broad SMARTS) is 1. The summed E-state index contributed by atoms with van der Waals surface area (Å²) >= 11 is 0. The second-order valence-electron chi connectivity index (χ2n) is 24.7. The summed E-state index contributed by atoms with van der Waals surface area (Å²) in [6, 6.07) is -13.3. The van der Waals surface area contributed by atoms with Crippen LogP contribution in [0.5, 0.6) is 0 Å². The van der Waals surface area contributed by atoms with Gasteiger partial charge in [0.1, 0.15) is 109 Å². The van der Waals surface area contributed by atoms with E-state index < -0.39 is 256 Å². The van der Waals surface area contributed by atoms with Gasteiger partial charge in [-0.2, -0.15) is 0 Å². The van der Waals surface area contributed by atoms with Crippen LogP contribution in [-0.2, 0) is 86.0 Å². The Labute approximate surface area is 554 Å². The first kappa shape index (κ1) is 79.0. The number of likely N-dealkylation sites (tertiary alicyclic amines) is 3. The Kier molecular flexibility index (Phi) is 28.2. The van der Waals surface area contributed by atoms with Crippen molar-refractivity contribution < 1.29 is 142 Å². The Morgan fingerprint density at radius 2 is 1.20 bits per heavy atom. The molecule has 0 bridgehead atoms. The van der Waals surface area contributed by atoms with Crippen molar-refractivity contribution in [3.8, 4) is 0 Å². The molecule has 548 valence electrons. The average Bonchev–Trinajstić information content (AvgIpc) is 1.49. The lowest BCUT2D eigenvalue weighted by Crippen LogP contribution is -2.71. The topological polar surface area (TPSA) is 603 Å². The number of nitrogens with zero attached hydrogens (tertiary/aromatic N) is 3. The molecule has 24 atom stereocenters. The Balaban J connectivity index is 1.29. The molecule has 6 aliphatic rings. The number of hydrogen-bond acceptors (Lipinski definition) is 28. The van der Waals surface area contributed by atoms with E-state index in [0.29, 0.717) is 19.3 Å². The highest BCUT2D eigenvalue weighted by molar-refractivity contribution is 5.98. The van der Waals surface area contributed by atoms with Crippen molar-refractivity contribution >= 4 is 70.9 Å². The molecule has 11 amide bonds. The minimum Gasteiger partial charge on any atom is -0.477 e. The number of hydrogen-bond donors (Lipinski definition) is 19. The summed E-state index contributed by atoms with van der Waals surface area (Å²) in [6.45, 7) is 1.90. The molecule has 6 fully saturated rings. The number of aliphatic carboxylic acids is 1. The van der Waals surface area contributed by atoms with E-state index in [1.807, 2.05) is 0 Å². The number of amides is 11. The van der Waals surface area contributed by atoms with Gasteiger partial charge in [0.05, 0.1) is 51.2 Å². The molecule has 6 rings (SSSR count). The van der Waals surface area contributed by atoms with Gasteiger partial charge in [0.25, 0.3) is 5.79 Å². The van der Waals surface area contributed by atoms with Crippen LogP contribution in [-0.4, -0.2) is 340 Å². The van der Waals surface area contributed by atoms with Crippen molar-refractivity contribution in [2.45, 2.75) is 232 Å². The molecule has 0 radical (unpaired) electrons. The number of carboxylic acids is 1. The van der Waals surface area contributed by atoms with E-state index in [4.69, 9.17) is 34.2 Å². The van der Waals surface area contributed by atoms with Gasteiger partial charge in [0, 0.05) is 46.8 Å². The maximum Gasteiger partial charge on any atom is 0.364 e. The third-order valence-corrected chi connectivity index (χ3v) is 17.6. The monoisotopic (exact) mass is 1390 g/mol. The van der Waals surface area contributed by atoms with Crippen molar-refractivity contribution in [2.24, 2.45) is 5.73 Å². The molecular weight excluding hydrogens is 1300 g/mol. The number of carbonyl (C=O) groups excluding carboxylic acids is 11. The number of nitrogens with two attached hydrogens (primary N) is 1. The predicted octanol–water partition coefficient (Wildman–Crippen LogP) is -12.1. The summed E-state index contributed by atoms with van der Waals surface area (Å²) in [7, 11) is 0. The summed E-state index contributed by atoms with van der Waals surface area (Å²) in [5, 5.41) is 136. The van der Waals surface area contributed by atoms with Crippen LogP contribution in [0.4, 0.5) is 0 Å². The Hall–Kier alpha value is -7.00. The van der Waals surface area contributed by atoms with Gasteiger partial charge < -0.3 is 142 Å². The van der Waals surface area contributed by atoms with E-state index >= 15 is 0 Å².